The van der Waals surface area contributed by atoms with Crippen LogP contribution < -0.4 is 0 Å². The van der Waals surface area contributed by atoms with Crippen LogP contribution in [0.15, 0.2) is 30.3 Å². The van der Waals surface area contributed by atoms with Gasteiger partial charge in [-0.3, -0.25) is 0 Å². The maximum Gasteiger partial charge on any atom is 0.0852 e. The quantitative estimate of drug-likeness (QED) is 0.740. The molecule has 0 N–H and O–H groups in total. The van der Waals surface area contributed by atoms with E-state index in [9.17, 15) is 0 Å². The summed E-state index contributed by atoms with van der Waals surface area (Å²) in [5.74, 6) is 0. The van der Waals surface area contributed by atoms with E-state index in [0.29, 0.717) is 0 Å². The summed E-state index contributed by atoms with van der Waals surface area (Å²) in [5, 5.41) is 0. The number of hydrogen-bond acceptors (Lipinski definition) is 2. The van der Waals surface area contributed by atoms with Crippen molar-refractivity contribution in [3.63, 3.8) is 0 Å². The average Bonchev–Trinajstić information content (AvgIpc) is 2.30. The van der Waals surface area contributed by atoms with Gasteiger partial charge in [-0.1, -0.05) is 30.3 Å². The molecule has 2 heteroatoms. The van der Waals surface area contributed by atoms with Crippen molar-refractivity contribution >= 4 is 0 Å². The largest absolute Gasteiger partial charge is 0.378 e. The van der Waals surface area contributed by atoms with Crippen molar-refractivity contribution < 1.29 is 9.47 Å². The zero-order chi connectivity index (χ0) is 10.7. The van der Waals surface area contributed by atoms with E-state index in [0.717, 1.165) is 19.4 Å². The van der Waals surface area contributed by atoms with E-state index in [-0.39, 0.29) is 11.7 Å². The van der Waals surface area contributed by atoms with Crippen LogP contribution in [-0.4, -0.2) is 19.3 Å². The number of methoxy groups -OCH3 is 1. The standard InChI is InChI=1S/C13H18O2/c1-13(14-2)8-9-15-12(10-13)11-6-4-3-5-7-11/h3-7,12H,8-10H2,1-2H3. The van der Waals surface area contributed by atoms with Crippen LogP contribution in [0.25, 0.3) is 0 Å². The maximum atomic E-state index is 5.78. The Morgan fingerprint density at radius 3 is 2.73 bits per heavy atom. The van der Waals surface area contributed by atoms with Gasteiger partial charge in [0.25, 0.3) is 0 Å². The van der Waals surface area contributed by atoms with Crippen LogP contribution in [0, 0.1) is 0 Å². The molecule has 1 saturated heterocycles. The van der Waals surface area contributed by atoms with Gasteiger partial charge in [-0.2, -0.15) is 0 Å². The van der Waals surface area contributed by atoms with E-state index < -0.39 is 0 Å². The van der Waals surface area contributed by atoms with Crippen LogP contribution in [0.4, 0.5) is 0 Å². The third-order valence-electron chi connectivity index (χ3n) is 3.23. The van der Waals surface area contributed by atoms with E-state index in [1.165, 1.54) is 5.56 Å². The highest BCUT2D eigenvalue weighted by Gasteiger charge is 2.33. The first-order valence-corrected chi connectivity index (χ1v) is 5.45. The third kappa shape index (κ3) is 2.39. The Morgan fingerprint density at radius 2 is 2.07 bits per heavy atom. The minimum atomic E-state index is -0.0290. The molecule has 0 aromatic heterocycles. The van der Waals surface area contributed by atoms with Crippen molar-refractivity contribution in [1.29, 1.82) is 0 Å². The molecule has 1 aliphatic rings. The second-order valence-electron chi connectivity index (χ2n) is 4.38. The number of ether oxygens (including phenoxy) is 2. The molecule has 0 saturated carbocycles. The van der Waals surface area contributed by atoms with Crippen LogP contribution in [0.5, 0.6) is 0 Å². The molecule has 2 nitrogen and oxygen atoms in total. The SMILES string of the molecule is COC1(C)CCOC(c2ccccc2)C1. The topological polar surface area (TPSA) is 18.5 Å². The van der Waals surface area contributed by atoms with Crippen molar-refractivity contribution in [2.45, 2.75) is 31.5 Å². The Kier molecular flexibility index (Phi) is 3.08. The second kappa shape index (κ2) is 4.33. The normalized spacial score (nSPS) is 31.5. The molecule has 15 heavy (non-hydrogen) atoms. The van der Waals surface area contributed by atoms with Crippen molar-refractivity contribution in [2.75, 3.05) is 13.7 Å². The average molecular weight is 206 g/mol. The van der Waals surface area contributed by atoms with Crippen molar-refractivity contribution in [3.05, 3.63) is 35.9 Å². The Bertz CT molecular complexity index is 310. The second-order valence-corrected chi connectivity index (χ2v) is 4.38. The van der Waals surface area contributed by atoms with Crippen LogP contribution >= 0.6 is 0 Å². The minimum absolute atomic E-state index is 0.0290. The molecule has 1 aliphatic heterocycles. The summed E-state index contributed by atoms with van der Waals surface area (Å²) >= 11 is 0. The highest BCUT2D eigenvalue weighted by Crippen LogP contribution is 2.35. The Hall–Kier alpha value is -0.860. The third-order valence-corrected chi connectivity index (χ3v) is 3.23. The van der Waals surface area contributed by atoms with Crippen LogP contribution in [0.1, 0.15) is 31.4 Å². The molecular formula is C13H18O2. The van der Waals surface area contributed by atoms with Gasteiger partial charge in [-0.15, -0.1) is 0 Å². The summed E-state index contributed by atoms with van der Waals surface area (Å²) in [4.78, 5) is 0. The first-order chi connectivity index (χ1) is 7.23. The van der Waals surface area contributed by atoms with Gasteiger partial charge in [0.2, 0.25) is 0 Å². The lowest BCUT2D eigenvalue weighted by atomic mass is 9.89. The molecule has 2 unspecified atom stereocenters. The van der Waals surface area contributed by atoms with Gasteiger partial charge in [0.05, 0.1) is 18.3 Å². The van der Waals surface area contributed by atoms with E-state index >= 15 is 0 Å². The fourth-order valence-corrected chi connectivity index (χ4v) is 2.04. The predicted molar refractivity (Wildman–Crippen MR) is 59.8 cm³/mol. The van der Waals surface area contributed by atoms with Gasteiger partial charge in [-0.25, -0.2) is 0 Å². The summed E-state index contributed by atoms with van der Waals surface area (Å²) in [6.45, 7) is 2.94. The summed E-state index contributed by atoms with van der Waals surface area (Å²) < 4.78 is 11.3. The molecule has 0 spiro atoms. The molecule has 0 amide bonds. The first-order valence-electron chi connectivity index (χ1n) is 5.45. The maximum absolute atomic E-state index is 5.78. The van der Waals surface area contributed by atoms with E-state index in [2.05, 4.69) is 31.2 Å². The Labute approximate surface area is 91.2 Å². The molecule has 82 valence electrons. The summed E-state index contributed by atoms with van der Waals surface area (Å²) in [5.41, 5.74) is 1.22. The van der Waals surface area contributed by atoms with E-state index in [4.69, 9.17) is 9.47 Å². The van der Waals surface area contributed by atoms with Crippen molar-refractivity contribution in [2.24, 2.45) is 0 Å². The predicted octanol–water partition coefficient (Wildman–Crippen LogP) is 2.94. The summed E-state index contributed by atoms with van der Waals surface area (Å²) in [6, 6.07) is 10.4. The van der Waals surface area contributed by atoms with Gasteiger partial charge in [0.1, 0.15) is 0 Å². The fourth-order valence-electron chi connectivity index (χ4n) is 2.04. The van der Waals surface area contributed by atoms with Gasteiger partial charge < -0.3 is 9.47 Å². The zero-order valence-electron chi connectivity index (χ0n) is 9.40. The fraction of sp³-hybridized carbons (Fsp3) is 0.538. The van der Waals surface area contributed by atoms with Gasteiger partial charge in [0.15, 0.2) is 0 Å². The molecule has 1 fully saturated rings. The smallest absolute Gasteiger partial charge is 0.0852 e. The van der Waals surface area contributed by atoms with Crippen LogP contribution in [0.3, 0.4) is 0 Å². The van der Waals surface area contributed by atoms with Crippen molar-refractivity contribution in [1.82, 2.24) is 0 Å². The summed E-state index contributed by atoms with van der Waals surface area (Å²) in [7, 11) is 1.79. The van der Waals surface area contributed by atoms with E-state index in [1.807, 2.05) is 6.07 Å². The van der Waals surface area contributed by atoms with Crippen LogP contribution in [-0.2, 0) is 9.47 Å². The highest BCUT2D eigenvalue weighted by atomic mass is 16.5. The molecule has 0 bridgehead atoms. The van der Waals surface area contributed by atoms with Gasteiger partial charge in [0, 0.05) is 13.5 Å². The Balaban J connectivity index is 2.11. The molecule has 1 aromatic rings. The number of benzene rings is 1. The number of hydrogen-bond donors (Lipinski definition) is 0. The molecule has 1 aromatic carbocycles. The first kappa shape index (κ1) is 10.7. The molecule has 0 aliphatic carbocycles. The lowest BCUT2D eigenvalue weighted by Crippen LogP contribution is -2.36. The van der Waals surface area contributed by atoms with Gasteiger partial charge >= 0.3 is 0 Å². The van der Waals surface area contributed by atoms with Gasteiger partial charge in [-0.05, 0) is 18.9 Å². The molecule has 1 heterocycles. The molecule has 2 atom stereocenters. The highest BCUT2D eigenvalue weighted by molar-refractivity contribution is 5.18. The summed E-state index contributed by atoms with van der Waals surface area (Å²) in [6.07, 6.45) is 2.10. The van der Waals surface area contributed by atoms with Crippen molar-refractivity contribution in [3.8, 4) is 0 Å². The number of rotatable bonds is 2. The zero-order valence-corrected chi connectivity index (χ0v) is 9.40. The molecule has 2 rings (SSSR count). The monoisotopic (exact) mass is 206 g/mol. The lowest BCUT2D eigenvalue weighted by molar-refractivity contribution is -0.114. The Morgan fingerprint density at radius 1 is 1.33 bits per heavy atom. The van der Waals surface area contributed by atoms with Crippen LogP contribution in [0.2, 0.25) is 0 Å². The molecular weight excluding hydrogens is 188 g/mol. The van der Waals surface area contributed by atoms with E-state index in [1.54, 1.807) is 7.11 Å². The minimum Gasteiger partial charge on any atom is -0.378 e. The lowest BCUT2D eigenvalue weighted by Gasteiger charge is -2.37. The molecule has 0 radical (unpaired) electrons.